The number of carbonyl (C=O) groups is 1. The van der Waals surface area contributed by atoms with Crippen LogP contribution in [0, 0.1) is 18.7 Å². The van der Waals surface area contributed by atoms with Gasteiger partial charge in [0.1, 0.15) is 5.82 Å². The molecule has 1 aromatic carbocycles. The van der Waals surface area contributed by atoms with Crippen molar-refractivity contribution >= 4 is 15.6 Å². The zero-order valence-electron chi connectivity index (χ0n) is 12.0. The third kappa shape index (κ3) is 2.63. The number of carbonyl (C=O) groups excluding carboxylic acids is 1. The van der Waals surface area contributed by atoms with Crippen molar-refractivity contribution in [1.29, 1.82) is 0 Å². The van der Waals surface area contributed by atoms with Crippen LogP contribution in [0.1, 0.15) is 48.0 Å². The highest BCUT2D eigenvalue weighted by molar-refractivity contribution is 7.92. The number of sulfone groups is 1. The molecule has 2 heterocycles. The summed E-state index contributed by atoms with van der Waals surface area (Å²) >= 11 is 0. The normalized spacial score (nSPS) is 30.9. The molecule has 0 aliphatic carbocycles. The van der Waals surface area contributed by atoms with Gasteiger partial charge >= 0.3 is 0 Å². The number of benzene rings is 1. The van der Waals surface area contributed by atoms with Gasteiger partial charge in [-0.3, -0.25) is 4.79 Å². The van der Waals surface area contributed by atoms with Crippen molar-refractivity contribution in [3.05, 3.63) is 35.1 Å². The first-order valence-corrected chi connectivity index (χ1v) is 9.03. The van der Waals surface area contributed by atoms with E-state index in [1.807, 2.05) is 0 Å². The van der Waals surface area contributed by atoms with Crippen molar-refractivity contribution in [2.45, 2.75) is 49.5 Å². The molecule has 0 saturated carbocycles. The molecule has 2 aliphatic rings. The fourth-order valence-electron chi connectivity index (χ4n) is 3.74. The van der Waals surface area contributed by atoms with E-state index in [1.165, 1.54) is 12.1 Å². The molecule has 3 rings (SSSR count). The lowest BCUT2D eigenvalue weighted by atomic mass is 9.84. The fourth-order valence-corrected chi connectivity index (χ4v) is 6.27. The Labute approximate surface area is 124 Å². The quantitative estimate of drug-likeness (QED) is 0.789. The minimum atomic E-state index is -3.06. The second-order valence-electron chi connectivity index (χ2n) is 6.31. The van der Waals surface area contributed by atoms with E-state index in [-0.39, 0.29) is 22.2 Å². The van der Waals surface area contributed by atoms with Crippen molar-refractivity contribution in [2.75, 3.05) is 0 Å². The number of halogens is 1. The van der Waals surface area contributed by atoms with Crippen LogP contribution in [-0.2, 0) is 9.84 Å². The van der Waals surface area contributed by atoms with Crippen LogP contribution in [0.4, 0.5) is 4.39 Å². The molecule has 21 heavy (non-hydrogen) atoms. The summed E-state index contributed by atoms with van der Waals surface area (Å²) in [7, 11) is -3.06. The van der Waals surface area contributed by atoms with Crippen molar-refractivity contribution in [2.24, 2.45) is 5.92 Å². The maximum Gasteiger partial charge on any atom is 0.166 e. The molecule has 2 unspecified atom stereocenters. The van der Waals surface area contributed by atoms with Crippen LogP contribution in [0.5, 0.6) is 0 Å². The molecular formula is C16H19FO3S. The summed E-state index contributed by atoms with van der Waals surface area (Å²) < 4.78 is 37.9. The predicted octanol–water partition coefficient (Wildman–Crippen LogP) is 3.06. The molecule has 0 aromatic heterocycles. The summed E-state index contributed by atoms with van der Waals surface area (Å²) in [4.78, 5) is 12.6. The molecule has 0 radical (unpaired) electrons. The van der Waals surface area contributed by atoms with Gasteiger partial charge in [0.05, 0.1) is 10.5 Å². The summed E-state index contributed by atoms with van der Waals surface area (Å²) in [6.07, 6.45) is 3.03. The molecule has 2 atom stereocenters. The van der Waals surface area contributed by atoms with Crippen LogP contribution >= 0.6 is 0 Å². The maximum absolute atomic E-state index is 13.5. The van der Waals surface area contributed by atoms with Gasteiger partial charge < -0.3 is 0 Å². The van der Waals surface area contributed by atoms with Gasteiger partial charge in [-0.25, -0.2) is 12.8 Å². The maximum atomic E-state index is 13.5. The minimum absolute atomic E-state index is 0.107. The highest BCUT2D eigenvalue weighted by Gasteiger charge is 2.46. The van der Waals surface area contributed by atoms with Crippen LogP contribution < -0.4 is 0 Å². The van der Waals surface area contributed by atoms with E-state index >= 15 is 0 Å². The van der Waals surface area contributed by atoms with Gasteiger partial charge in [-0.05, 0) is 56.4 Å². The number of aryl methyl sites for hydroxylation is 1. The van der Waals surface area contributed by atoms with Crippen LogP contribution in [0.15, 0.2) is 18.2 Å². The summed E-state index contributed by atoms with van der Waals surface area (Å²) in [5.41, 5.74) is 1.08. The van der Waals surface area contributed by atoms with E-state index in [4.69, 9.17) is 0 Å². The summed E-state index contributed by atoms with van der Waals surface area (Å²) in [5, 5.41) is -0.762. The molecule has 5 heteroatoms. The second kappa shape index (κ2) is 5.20. The van der Waals surface area contributed by atoms with Gasteiger partial charge in [-0.1, -0.05) is 6.42 Å². The first-order valence-electron chi connectivity index (χ1n) is 7.42. The summed E-state index contributed by atoms with van der Waals surface area (Å²) in [6, 6.07) is 4.33. The largest absolute Gasteiger partial charge is 0.294 e. The molecule has 1 aromatic rings. The Morgan fingerprint density at radius 1 is 1.14 bits per heavy atom. The Morgan fingerprint density at radius 2 is 1.76 bits per heavy atom. The Balaban J connectivity index is 1.87. The van der Waals surface area contributed by atoms with Crippen molar-refractivity contribution < 1.29 is 17.6 Å². The first kappa shape index (κ1) is 14.7. The summed E-state index contributed by atoms with van der Waals surface area (Å²) in [6.45, 7) is 1.75. The van der Waals surface area contributed by atoms with Gasteiger partial charge in [0, 0.05) is 11.5 Å². The number of hydrogen-bond acceptors (Lipinski definition) is 3. The van der Waals surface area contributed by atoms with Crippen molar-refractivity contribution in [3.8, 4) is 0 Å². The number of hydrogen-bond donors (Lipinski definition) is 0. The highest BCUT2D eigenvalue weighted by atomic mass is 32.2. The van der Waals surface area contributed by atoms with Crippen molar-refractivity contribution in [3.63, 3.8) is 0 Å². The van der Waals surface area contributed by atoms with E-state index in [0.29, 0.717) is 36.8 Å². The third-order valence-electron chi connectivity index (χ3n) is 4.77. The predicted molar refractivity (Wildman–Crippen MR) is 78.5 cm³/mol. The topological polar surface area (TPSA) is 51.2 Å². The zero-order chi connectivity index (χ0) is 15.2. The average Bonchev–Trinajstić information content (AvgIpc) is 2.35. The Kier molecular flexibility index (Phi) is 3.64. The lowest BCUT2D eigenvalue weighted by molar-refractivity contribution is 0.0893. The van der Waals surface area contributed by atoms with Crippen LogP contribution in [0.25, 0.3) is 0 Å². The SMILES string of the molecule is Cc1cc(F)cc(C(=O)C2CC3CCCC(C2)S3(=O)=O)c1. The number of ketones is 1. The van der Waals surface area contributed by atoms with E-state index in [0.717, 1.165) is 6.42 Å². The Hall–Kier alpha value is -1.23. The van der Waals surface area contributed by atoms with Crippen molar-refractivity contribution in [1.82, 2.24) is 0 Å². The smallest absolute Gasteiger partial charge is 0.166 e. The molecule has 2 saturated heterocycles. The Bertz CT molecular complexity index is 641. The van der Waals surface area contributed by atoms with Crippen LogP contribution in [0.2, 0.25) is 0 Å². The molecule has 0 amide bonds. The zero-order valence-corrected chi connectivity index (χ0v) is 12.8. The van der Waals surface area contributed by atoms with Gasteiger partial charge in [-0.2, -0.15) is 0 Å². The number of fused-ring (bicyclic) bond motifs is 2. The third-order valence-corrected chi connectivity index (χ3v) is 7.49. The second-order valence-corrected chi connectivity index (χ2v) is 8.83. The first-order chi connectivity index (χ1) is 9.88. The number of Topliss-reactive ketones (excluding diaryl/α,β-unsaturated/α-hetero) is 1. The van der Waals surface area contributed by atoms with E-state index in [2.05, 4.69) is 0 Å². The number of rotatable bonds is 2. The van der Waals surface area contributed by atoms with Gasteiger partial charge in [0.15, 0.2) is 15.6 Å². The molecule has 0 spiro atoms. The molecular weight excluding hydrogens is 291 g/mol. The highest BCUT2D eigenvalue weighted by Crippen LogP contribution is 2.40. The standard InChI is InChI=1S/C16H19FO3S/c1-10-5-11(7-13(17)6-10)16(18)12-8-14-3-2-4-15(9-12)21(14,19)20/h5-7,12,14-15H,2-4,8-9H2,1H3. The van der Waals surface area contributed by atoms with E-state index < -0.39 is 15.7 Å². The Morgan fingerprint density at radius 3 is 2.33 bits per heavy atom. The lowest BCUT2D eigenvalue weighted by Crippen LogP contribution is -2.45. The molecule has 3 nitrogen and oxygen atoms in total. The molecule has 0 N–H and O–H groups in total. The van der Waals surface area contributed by atoms with Crippen LogP contribution in [0.3, 0.4) is 0 Å². The van der Waals surface area contributed by atoms with E-state index in [1.54, 1.807) is 13.0 Å². The van der Waals surface area contributed by atoms with E-state index in [9.17, 15) is 17.6 Å². The fraction of sp³-hybridized carbons (Fsp3) is 0.562. The van der Waals surface area contributed by atoms with Gasteiger partial charge in [0.25, 0.3) is 0 Å². The molecule has 2 aliphatic heterocycles. The molecule has 2 bridgehead atoms. The molecule has 114 valence electrons. The van der Waals surface area contributed by atoms with Gasteiger partial charge in [0.2, 0.25) is 0 Å². The average molecular weight is 310 g/mol. The summed E-state index contributed by atoms with van der Waals surface area (Å²) in [5.74, 6) is -0.809. The lowest BCUT2D eigenvalue weighted by Gasteiger charge is -2.38. The van der Waals surface area contributed by atoms with Gasteiger partial charge in [-0.15, -0.1) is 0 Å². The monoisotopic (exact) mass is 310 g/mol. The van der Waals surface area contributed by atoms with Crippen LogP contribution in [-0.4, -0.2) is 24.7 Å². The minimum Gasteiger partial charge on any atom is -0.294 e. The molecule has 2 fully saturated rings.